The molecule has 10 heteroatoms. The van der Waals surface area contributed by atoms with Crippen molar-refractivity contribution in [1.29, 1.82) is 0 Å². The number of amides is 1. The molecule has 0 spiro atoms. The molecule has 4 aromatic carbocycles. The number of furan rings is 1. The maximum absolute atomic E-state index is 12.7. The van der Waals surface area contributed by atoms with Crippen LogP contribution in [0.15, 0.2) is 98.2 Å². The third-order valence-electron chi connectivity index (χ3n) is 6.02. The molecule has 0 aliphatic heterocycles. The van der Waals surface area contributed by atoms with E-state index in [2.05, 4.69) is 26.6 Å². The Balaban J connectivity index is 1.18. The molecule has 2 aromatic heterocycles. The molecule has 2 N–H and O–H groups in total. The highest BCUT2D eigenvalue weighted by Crippen LogP contribution is 2.35. The summed E-state index contributed by atoms with van der Waals surface area (Å²) in [7, 11) is 0. The highest BCUT2D eigenvalue weighted by Gasteiger charge is 2.17. The Labute approximate surface area is 246 Å². The van der Waals surface area contributed by atoms with E-state index in [9.17, 15) is 4.79 Å². The zero-order chi connectivity index (χ0) is 27.1. The smallest absolute Gasteiger partial charge is 0.293 e. The fourth-order valence-electron chi connectivity index (χ4n) is 4.20. The van der Waals surface area contributed by atoms with E-state index in [0.717, 1.165) is 20.8 Å². The minimum Gasteiger partial charge on any atom is -0.451 e. The van der Waals surface area contributed by atoms with E-state index < -0.39 is 5.91 Å². The van der Waals surface area contributed by atoms with Crippen LogP contribution in [0.25, 0.3) is 44.7 Å². The van der Waals surface area contributed by atoms with E-state index in [1.54, 1.807) is 48.5 Å². The quantitative estimate of drug-likeness (QED) is 0.188. The molecule has 0 aliphatic carbocycles. The van der Waals surface area contributed by atoms with Crippen molar-refractivity contribution >= 4 is 89.9 Å². The van der Waals surface area contributed by atoms with Crippen LogP contribution in [-0.2, 0) is 0 Å². The summed E-state index contributed by atoms with van der Waals surface area (Å²) in [4.78, 5) is 17.4. The first-order valence-corrected chi connectivity index (χ1v) is 13.6. The Morgan fingerprint density at radius 2 is 1.64 bits per heavy atom. The van der Waals surface area contributed by atoms with Gasteiger partial charge in [0.25, 0.3) is 5.91 Å². The van der Waals surface area contributed by atoms with Crippen LogP contribution in [0.3, 0.4) is 0 Å². The maximum atomic E-state index is 12.7. The van der Waals surface area contributed by atoms with Crippen LogP contribution < -0.4 is 10.6 Å². The fraction of sp³-hybridized carbons (Fsp3) is 0. The average molecular weight is 637 g/mol. The lowest BCUT2D eigenvalue weighted by molar-refractivity contribution is 0.0951. The zero-order valence-corrected chi connectivity index (χ0v) is 23.7. The van der Waals surface area contributed by atoms with E-state index in [1.807, 2.05) is 36.4 Å². The van der Waals surface area contributed by atoms with Gasteiger partial charge in [-0.25, -0.2) is 4.98 Å². The van der Waals surface area contributed by atoms with Crippen LogP contribution in [-0.4, -0.2) is 16.0 Å². The molecule has 0 unspecified atom stereocenters. The molecule has 0 bridgehead atoms. The molecule has 0 fully saturated rings. The molecule has 39 heavy (non-hydrogen) atoms. The summed E-state index contributed by atoms with van der Waals surface area (Å²) in [5, 5.41) is 8.56. The van der Waals surface area contributed by atoms with Crippen LogP contribution in [0.5, 0.6) is 0 Å². The van der Waals surface area contributed by atoms with Crippen LogP contribution in [0.1, 0.15) is 10.6 Å². The van der Waals surface area contributed by atoms with E-state index in [4.69, 9.17) is 49.2 Å². The first-order valence-electron chi connectivity index (χ1n) is 11.6. The zero-order valence-electron chi connectivity index (χ0n) is 19.8. The van der Waals surface area contributed by atoms with Gasteiger partial charge in [-0.05, 0) is 77.6 Å². The predicted octanol–water partition coefficient (Wildman–Crippen LogP) is 9.10. The first kappa shape index (κ1) is 25.6. The molecule has 6 nitrogen and oxygen atoms in total. The van der Waals surface area contributed by atoms with Gasteiger partial charge in [-0.2, -0.15) is 0 Å². The van der Waals surface area contributed by atoms with Crippen molar-refractivity contribution < 1.29 is 13.6 Å². The van der Waals surface area contributed by atoms with Gasteiger partial charge in [0, 0.05) is 21.3 Å². The Bertz CT molecular complexity index is 1920. The minimum absolute atomic E-state index is 0.0727. The Morgan fingerprint density at radius 1 is 0.872 bits per heavy atom. The molecule has 0 aliphatic rings. The number of hydrogen-bond acceptors (Lipinski definition) is 5. The van der Waals surface area contributed by atoms with E-state index in [-0.39, 0.29) is 10.9 Å². The maximum Gasteiger partial charge on any atom is 0.293 e. The Hall–Kier alpha value is -3.69. The van der Waals surface area contributed by atoms with Crippen molar-refractivity contribution in [2.45, 2.75) is 0 Å². The Kier molecular flexibility index (Phi) is 6.86. The van der Waals surface area contributed by atoms with Gasteiger partial charge in [-0.1, -0.05) is 69.5 Å². The van der Waals surface area contributed by atoms with E-state index in [0.29, 0.717) is 44.0 Å². The number of nitrogens with one attached hydrogen (secondary N) is 2. The summed E-state index contributed by atoms with van der Waals surface area (Å²) in [5.41, 5.74) is 3.38. The number of oxazole rings is 1. The van der Waals surface area contributed by atoms with Gasteiger partial charge in [0.05, 0.1) is 10.0 Å². The van der Waals surface area contributed by atoms with Gasteiger partial charge < -0.3 is 14.2 Å². The number of anilines is 1. The molecular formula is C29H16BrCl2N3O3S. The minimum atomic E-state index is -0.510. The first-order chi connectivity index (χ1) is 18.9. The van der Waals surface area contributed by atoms with Crippen molar-refractivity contribution in [3.8, 4) is 22.8 Å². The molecule has 0 radical (unpaired) electrons. The van der Waals surface area contributed by atoms with Gasteiger partial charge in [0.1, 0.15) is 11.3 Å². The van der Waals surface area contributed by atoms with Crippen LogP contribution >= 0.6 is 51.3 Å². The van der Waals surface area contributed by atoms with E-state index in [1.165, 1.54) is 0 Å². The summed E-state index contributed by atoms with van der Waals surface area (Å²) >= 11 is 21.3. The third kappa shape index (κ3) is 5.04. The second-order valence-corrected chi connectivity index (χ2v) is 10.6. The largest absolute Gasteiger partial charge is 0.451 e. The summed E-state index contributed by atoms with van der Waals surface area (Å²) in [6, 6.07) is 25.8. The summed E-state index contributed by atoms with van der Waals surface area (Å²) < 4.78 is 12.7. The summed E-state index contributed by atoms with van der Waals surface area (Å²) in [5.74, 6) is 0.486. The number of rotatable bonds is 4. The van der Waals surface area contributed by atoms with Crippen LogP contribution in [0, 0.1) is 0 Å². The number of fused-ring (bicyclic) bond motifs is 2. The number of benzene rings is 4. The molecular weight excluding hydrogens is 621 g/mol. The van der Waals surface area contributed by atoms with Gasteiger partial charge >= 0.3 is 0 Å². The highest BCUT2D eigenvalue weighted by molar-refractivity contribution is 9.10. The molecule has 0 atom stereocenters. The number of carbonyl (C=O) groups excluding carboxylic acids is 1. The normalized spacial score (nSPS) is 11.2. The van der Waals surface area contributed by atoms with Gasteiger partial charge in [0.2, 0.25) is 5.89 Å². The standard InChI is InChI=1S/C29H16BrCl2N3O3S/c30-20-8-2-4-16-17(20)5-1-6-18(16)28-34-22-14-15(10-11-24(22)38-28)33-29(39)35-27(36)25-13-12-23(37-25)19-7-3-9-21(31)26(19)32/h1-14H,(H2,33,35,36,39). The Morgan fingerprint density at radius 3 is 2.51 bits per heavy atom. The lowest BCUT2D eigenvalue weighted by atomic mass is 10.0. The number of aromatic nitrogens is 1. The molecule has 0 saturated heterocycles. The molecule has 6 rings (SSSR count). The van der Waals surface area contributed by atoms with Gasteiger partial charge in [-0.3, -0.25) is 10.1 Å². The van der Waals surface area contributed by atoms with Crippen LogP contribution in [0.2, 0.25) is 10.0 Å². The lowest BCUT2D eigenvalue weighted by Crippen LogP contribution is -2.33. The monoisotopic (exact) mass is 635 g/mol. The molecule has 2 heterocycles. The van der Waals surface area contributed by atoms with Crippen molar-refractivity contribution in [2.75, 3.05) is 5.32 Å². The topological polar surface area (TPSA) is 80.3 Å². The van der Waals surface area contributed by atoms with Gasteiger partial charge in [-0.15, -0.1) is 0 Å². The van der Waals surface area contributed by atoms with Crippen molar-refractivity contribution in [2.24, 2.45) is 0 Å². The fourth-order valence-corrected chi connectivity index (χ4v) is 5.31. The summed E-state index contributed by atoms with van der Waals surface area (Å²) in [6.45, 7) is 0. The molecule has 0 saturated carbocycles. The summed E-state index contributed by atoms with van der Waals surface area (Å²) in [6.07, 6.45) is 0. The van der Waals surface area contributed by atoms with Crippen molar-refractivity contribution in [1.82, 2.24) is 10.3 Å². The predicted molar refractivity (Wildman–Crippen MR) is 163 cm³/mol. The second-order valence-electron chi connectivity index (χ2n) is 8.52. The average Bonchev–Trinajstić information content (AvgIpc) is 3.58. The number of carbonyl (C=O) groups is 1. The number of hydrogen-bond donors (Lipinski definition) is 2. The second kappa shape index (κ2) is 10.5. The lowest BCUT2D eigenvalue weighted by Gasteiger charge is -2.08. The number of nitrogens with zero attached hydrogens (tertiary/aromatic N) is 1. The van der Waals surface area contributed by atoms with E-state index >= 15 is 0 Å². The van der Waals surface area contributed by atoms with Crippen molar-refractivity contribution in [3.05, 3.63) is 105 Å². The van der Waals surface area contributed by atoms with Crippen molar-refractivity contribution in [3.63, 3.8) is 0 Å². The molecule has 1 amide bonds. The van der Waals surface area contributed by atoms with Crippen LogP contribution in [0.4, 0.5) is 5.69 Å². The third-order valence-corrected chi connectivity index (χ3v) is 7.73. The van der Waals surface area contributed by atoms with Gasteiger partial charge in [0.15, 0.2) is 16.5 Å². The number of thiocarbonyl (C=S) groups is 1. The molecule has 192 valence electrons. The number of halogens is 3. The molecule has 6 aromatic rings. The highest BCUT2D eigenvalue weighted by atomic mass is 79.9. The SMILES string of the molecule is O=C(NC(=S)Nc1ccc2oc(-c3cccc4c(Br)cccc34)nc2c1)c1ccc(-c2cccc(Cl)c2Cl)o1.